The van der Waals surface area contributed by atoms with Crippen molar-refractivity contribution in [3.63, 3.8) is 0 Å². The van der Waals surface area contributed by atoms with E-state index in [2.05, 4.69) is 193 Å². The van der Waals surface area contributed by atoms with E-state index in [0.717, 1.165) is 99.3 Å². The predicted octanol–water partition coefficient (Wildman–Crippen LogP) is 20.8. The van der Waals surface area contributed by atoms with Gasteiger partial charge in [0, 0.05) is 64.0 Å². The first kappa shape index (κ1) is 63.2. The van der Waals surface area contributed by atoms with Crippen LogP contribution < -0.4 is 10.1 Å². The first-order valence-corrected chi connectivity index (χ1v) is 30.2. The quantitative estimate of drug-likeness (QED) is 0.0658. The van der Waals surface area contributed by atoms with Gasteiger partial charge in [-0.05, 0) is 155 Å². The van der Waals surface area contributed by atoms with E-state index in [1.807, 2.05) is 121 Å². The summed E-state index contributed by atoms with van der Waals surface area (Å²) >= 11 is 20.2. The second kappa shape index (κ2) is 29.8. The van der Waals surface area contributed by atoms with Crippen molar-refractivity contribution in [1.29, 1.82) is 0 Å². The van der Waals surface area contributed by atoms with Gasteiger partial charge in [0.2, 0.25) is 0 Å². The molecule has 7 nitrogen and oxygen atoms in total. The van der Waals surface area contributed by atoms with E-state index >= 15 is 0 Å². The Balaban J connectivity index is 0.000000143. The average molecular weight is 1550 g/mol. The summed E-state index contributed by atoms with van der Waals surface area (Å²) < 4.78 is 29.5. The Morgan fingerprint density at radius 3 is 1.18 bits per heavy atom. The van der Waals surface area contributed by atoms with Crippen LogP contribution in [0.3, 0.4) is 0 Å². The van der Waals surface area contributed by atoms with Crippen LogP contribution in [-0.2, 0) is 0 Å². The van der Waals surface area contributed by atoms with Crippen molar-refractivity contribution in [2.24, 2.45) is 0 Å². The summed E-state index contributed by atoms with van der Waals surface area (Å²) in [5, 5.41) is 32.3. The third-order valence-electron chi connectivity index (χ3n) is 13.0. The molecule has 413 valence electrons. The second-order valence-corrected chi connectivity index (χ2v) is 23.3. The highest BCUT2D eigenvalue weighted by molar-refractivity contribution is 14.1. The molecule has 0 aliphatic carbocycles. The van der Waals surface area contributed by atoms with Crippen LogP contribution in [0.25, 0.3) is 99.2 Å². The van der Waals surface area contributed by atoms with Crippen LogP contribution in [-0.4, -0.2) is 29.9 Å². The summed E-state index contributed by atoms with van der Waals surface area (Å²) in [5.74, 6) is 0.588. The molecule has 14 aromatic rings. The Hall–Kier alpha value is -5.81. The van der Waals surface area contributed by atoms with Crippen LogP contribution in [0.2, 0.25) is 0 Å². The number of hydrogen-bond acceptors (Lipinski definition) is 7. The molecule has 1 radical (unpaired) electrons. The largest absolute Gasteiger partial charge is 0.569 e. The monoisotopic (exact) mass is 1540 g/mol. The van der Waals surface area contributed by atoms with Gasteiger partial charge in [-0.3, -0.25) is 0 Å². The fourth-order valence-corrected chi connectivity index (χ4v) is 12.7. The topological polar surface area (TPSA) is 109 Å². The third-order valence-corrected chi connectivity index (χ3v) is 18.9. The number of halogens is 6. The lowest BCUT2D eigenvalue weighted by Crippen LogP contribution is -2.29. The van der Waals surface area contributed by atoms with Gasteiger partial charge in [0.15, 0.2) is 0 Å². The molecule has 0 amide bonds. The van der Waals surface area contributed by atoms with Crippen LogP contribution in [0.15, 0.2) is 278 Å². The SMILES string of the molecule is Brc1cccc(-c2ccccc2)c1-c1cccc2oc3ccccc3c12.Brc1cccc(Br)c1-c1cccc2oc3ccccc3c12.Brc1cccc(Br)c1I.C.OB(O)c1ccccc1.O[B]Oc1cccc2oc3ccccc3c12.P. The van der Waals surface area contributed by atoms with E-state index < -0.39 is 7.12 Å². The second-order valence-electron chi connectivity index (χ2n) is 17.9. The highest BCUT2D eigenvalue weighted by Crippen LogP contribution is 2.45. The normalized spacial score (nSPS) is 10.5. The Morgan fingerprint density at radius 1 is 0.373 bits per heavy atom. The van der Waals surface area contributed by atoms with Gasteiger partial charge in [-0.2, -0.15) is 9.90 Å². The van der Waals surface area contributed by atoms with E-state index in [-0.39, 0.29) is 17.3 Å². The molecule has 0 aliphatic heterocycles. The Morgan fingerprint density at radius 2 is 0.723 bits per heavy atom. The van der Waals surface area contributed by atoms with Crippen molar-refractivity contribution >= 4 is 198 Å². The fraction of sp³-hybridized carbons (Fsp3) is 0.0149. The highest BCUT2D eigenvalue weighted by atomic mass is 127. The summed E-state index contributed by atoms with van der Waals surface area (Å²) in [7, 11) is -0.664. The summed E-state index contributed by atoms with van der Waals surface area (Å²) in [6.07, 6.45) is 0. The van der Waals surface area contributed by atoms with Gasteiger partial charge in [-0.25, -0.2) is 0 Å². The molecular weight excluding hydrogens is 1500 g/mol. The first-order valence-electron chi connectivity index (χ1n) is 25.1. The minimum atomic E-state index is -1.34. The molecule has 14 rings (SSSR count). The van der Waals surface area contributed by atoms with Crippen LogP contribution >= 0.6 is 112 Å². The minimum absolute atomic E-state index is 0. The van der Waals surface area contributed by atoms with Crippen molar-refractivity contribution in [1.82, 2.24) is 0 Å². The minimum Gasteiger partial charge on any atom is -0.537 e. The molecule has 0 saturated carbocycles. The van der Waals surface area contributed by atoms with Crippen LogP contribution in [0.5, 0.6) is 5.75 Å². The zero-order chi connectivity index (χ0) is 56.4. The zero-order valence-electron chi connectivity index (χ0n) is 43.2. The standard InChI is InChI=1S/C24H15BrO.C18H10Br2O.C12H8BO3.C6H7BO2.C6H3Br2I.CH4.H3P/c25-20-13-6-11-17(16-8-2-1-3-9-16)23(20)19-12-7-15-22-24(19)18-10-4-5-14-21(18)26-22;19-13-7-4-8-14(20)18(13)12-6-3-10-16-17(12)11-5-1-2-9-15(11)21-16;14-13-16-11-7-3-6-10-12(11)8-4-1-2-5-9(8)15-10;8-7(9)6-4-2-1-3-5-6;7-4-2-1-3-5(8)6(4)9;;/h1-15H;1-10H;1-7,14H;1-5,8-9H;1-3H;1H4;1H3. The maximum atomic E-state index is 8.71. The molecule has 0 fully saturated rings. The summed E-state index contributed by atoms with van der Waals surface area (Å²) in [6.45, 7) is 0. The molecule has 0 aliphatic rings. The lowest BCUT2D eigenvalue weighted by atomic mass is 9.81. The predicted molar refractivity (Wildman–Crippen MR) is 378 cm³/mol. The fourth-order valence-electron chi connectivity index (χ4n) is 9.38. The van der Waals surface area contributed by atoms with Crippen molar-refractivity contribution in [2.45, 2.75) is 7.43 Å². The van der Waals surface area contributed by atoms with Crippen LogP contribution in [0, 0.1) is 3.57 Å². The molecule has 1 unspecified atom stereocenters. The van der Waals surface area contributed by atoms with Gasteiger partial charge in [0.05, 0.1) is 5.39 Å². The van der Waals surface area contributed by atoms with E-state index in [4.69, 9.17) is 33.0 Å². The van der Waals surface area contributed by atoms with Crippen LogP contribution in [0.1, 0.15) is 7.43 Å². The average Bonchev–Trinajstić information content (AvgIpc) is 3.81. The smallest absolute Gasteiger partial charge is 0.537 e. The van der Waals surface area contributed by atoms with Gasteiger partial charge < -0.3 is 33.0 Å². The number of para-hydroxylation sites is 3. The lowest BCUT2D eigenvalue weighted by molar-refractivity contribution is 0.425. The number of benzene rings is 11. The molecule has 11 aromatic carbocycles. The molecule has 1 atom stereocenters. The van der Waals surface area contributed by atoms with Crippen molar-refractivity contribution in [2.75, 3.05) is 0 Å². The molecule has 83 heavy (non-hydrogen) atoms. The molecule has 3 N–H and O–H groups in total. The third kappa shape index (κ3) is 14.5. The molecule has 0 bridgehead atoms. The van der Waals surface area contributed by atoms with Crippen molar-refractivity contribution in [3.8, 4) is 39.1 Å². The molecule has 0 saturated heterocycles. The van der Waals surface area contributed by atoms with E-state index in [9.17, 15) is 0 Å². The number of fused-ring (bicyclic) bond motifs is 9. The summed E-state index contributed by atoms with van der Waals surface area (Å²) in [5.41, 5.74) is 12.8. The Kier molecular flexibility index (Phi) is 22.7. The van der Waals surface area contributed by atoms with Gasteiger partial charge in [0.25, 0.3) is 0 Å². The molecule has 3 heterocycles. The Bertz CT molecular complexity index is 4430. The van der Waals surface area contributed by atoms with E-state index in [0.29, 0.717) is 18.9 Å². The van der Waals surface area contributed by atoms with Crippen molar-refractivity contribution < 1.29 is 33.0 Å². The molecule has 16 heteroatoms. The van der Waals surface area contributed by atoms with Gasteiger partial charge in [0.1, 0.15) is 39.2 Å². The number of furan rings is 3. The lowest BCUT2D eigenvalue weighted by Gasteiger charge is -2.13. The zero-order valence-corrected chi connectivity index (χ0v) is 54.7. The van der Waals surface area contributed by atoms with E-state index in [1.165, 1.54) is 25.8 Å². The van der Waals surface area contributed by atoms with Crippen molar-refractivity contribution in [3.05, 3.63) is 269 Å². The highest BCUT2D eigenvalue weighted by Gasteiger charge is 2.19. The first-order chi connectivity index (χ1) is 39.5. The molecule has 3 aromatic heterocycles. The number of rotatable bonds is 6. The summed E-state index contributed by atoms with van der Waals surface area (Å²) in [6, 6.07) is 79.8. The van der Waals surface area contributed by atoms with Gasteiger partial charge in [-0.15, -0.1) is 0 Å². The maximum absolute atomic E-state index is 8.71. The van der Waals surface area contributed by atoms with Crippen LogP contribution in [0.4, 0.5) is 0 Å². The number of hydrogen-bond donors (Lipinski definition) is 3. The Labute approximate surface area is 540 Å². The van der Waals surface area contributed by atoms with Gasteiger partial charge in [-0.1, -0.05) is 225 Å². The molecular formula is C67H50B2Br5IO7P. The summed E-state index contributed by atoms with van der Waals surface area (Å²) in [4.78, 5) is 0. The molecule has 0 spiro atoms. The maximum Gasteiger partial charge on any atom is 0.569 e. The van der Waals surface area contributed by atoms with E-state index in [1.54, 1.807) is 30.3 Å². The van der Waals surface area contributed by atoms with Gasteiger partial charge >= 0.3 is 14.8 Å².